The van der Waals surface area contributed by atoms with E-state index in [-0.39, 0.29) is 12.1 Å². The normalized spacial score (nSPS) is 23.9. The summed E-state index contributed by atoms with van der Waals surface area (Å²) in [7, 11) is 1.82. The maximum absolute atomic E-state index is 10.9. The molecule has 33 heavy (non-hydrogen) atoms. The largest absolute Gasteiger partial charge is 0.383 e. The van der Waals surface area contributed by atoms with Crippen molar-refractivity contribution in [2.45, 2.75) is 57.8 Å². The summed E-state index contributed by atoms with van der Waals surface area (Å²) in [6.45, 7) is 8.75. The molecule has 0 amide bonds. The third kappa shape index (κ3) is 4.51. The van der Waals surface area contributed by atoms with Gasteiger partial charge in [0.1, 0.15) is 11.4 Å². The van der Waals surface area contributed by atoms with Crippen molar-refractivity contribution >= 4 is 27.0 Å². The van der Waals surface area contributed by atoms with E-state index in [9.17, 15) is 5.11 Å². The number of imidazole rings is 1. The number of methoxy groups -OCH3 is 1. The summed E-state index contributed by atoms with van der Waals surface area (Å²) >= 11 is 3.61. The molecule has 6 heteroatoms. The molecule has 0 radical (unpaired) electrons. The van der Waals surface area contributed by atoms with Gasteiger partial charge in [0.2, 0.25) is 0 Å². The van der Waals surface area contributed by atoms with Crippen molar-refractivity contribution in [3.8, 4) is 0 Å². The molecule has 2 aromatic carbocycles. The van der Waals surface area contributed by atoms with Gasteiger partial charge >= 0.3 is 0 Å². The quantitative estimate of drug-likeness (QED) is 0.522. The summed E-state index contributed by atoms with van der Waals surface area (Å²) in [6.07, 6.45) is 3.35. The van der Waals surface area contributed by atoms with Crippen molar-refractivity contribution in [3.63, 3.8) is 0 Å². The summed E-state index contributed by atoms with van der Waals surface area (Å²) in [5.41, 5.74) is 5.16. The summed E-state index contributed by atoms with van der Waals surface area (Å²) in [4.78, 5) is 7.43. The number of hydrogen-bond acceptors (Lipinski definition) is 4. The molecule has 176 valence electrons. The molecule has 1 N–H and O–H groups in total. The van der Waals surface area contributed by atoms with Crippen LogP contribution in [0.15, 0.2) is 40.9 Å². The molecule has 3 atom stereocenters. The summed E-state index contributed by atoms with van der Waals surface area (Å²) in [5, 5.41) is 10.9. The van der Waals surface area contributed by atoms with Crippen LogP contribution in [0.2, 0.25) is 0 Å². The first-order valence-corrected chi connectivity index (χ1v) is 12.8. The SMILES string of the molecule is CO[C@H]1CN(C[C@@H]2Cc3ccc(Br)cc3C2)CC[C@H]1n1c(C(C)(C)O)nc2cc(C)ccc21. The number of halogens is 1. The average molecular weight is 512 g/mol. The molecule has 1 aromatic heterocycles. The minimum Gasteiger partial charge on any atom is -0.383 e. The van der Waals surface area contributed by atoms with Crippen LogP contribution in [0.5, 0.6) is 0 Å². The van der Waals surface area contributed by atoms with Crippen LogP contribution in [0.1, 0.15) is 48.8 Å². The van der Waals surface area contributed by atoms with E-state index in [1.54, 1.807) is 0 Å². The van der Waals surface area contributed by atoms with Gasteiger partial charge in [-0.3, -0.25) is 0 Å². The Balaban J connectivity index is 1.36. The van der Waals surface area contributed by atoms with E-state index in [1.807, 2.05) is 21.0 Å². The highest BCUT2D eigenvalue weighted by Crippen LogP contribution is 2.36. The topological polar surface area (TPSA) is 50.5 Å². The van der Waals surface area contributed by atoms with Crippen molar-refractivity contribution in [1.82, 2.24) is 14.5 Å². The molecule has 1 aliphatic carbocycles. The monoisotopic (exact) mass is 511 g/mol. The molecular formula is C27H34BrN3O2. The zero-order valence-corrected chi connectivity index (χ0v) is 21.6. The molecule has 1 fully saturated rings. The van der Waals surface area contributed by atoms with Crippen LogP contribution in [-0.2, 0) is 23.2 Å². The predicted molar refractivity (Wildman–Crippen MR) is 136 cm³/mol. The predicted octanol–water partition coefficient (Wildman–Crippen LogP) is 5.01. The Hall–Kier alpha value is -1.73. The maximum atomic E-state index is 10.9. The van der Waals surface area contributed by atoms with E-state index >= 15 is 0 Å². The van der Waals surface area contributed by atoms with Gasteiger partial charge in [-0.1, -0.05) is 28.1 Å². The first-order chi connectivity index (χ1) is 15.7. The lowest BCUT2D eigenvalue weighted by Crippen LogP contribution is -2.47. The molecule has 0 saturated carbocycles. The fraction of sp³-hybridized carbons (Fsp3) is 0.519. The number of nitrogens with zero attached hydrogens (tertiary/aromatic N) is 3. The summed E-state index contributed by atoms with van der Waals surface area (Å²) in [6, 6.07) is 13.2. The van der Waals surface area contributed by atoms with E-state index in [4.69, 9.17) is 9.72 Å². The van der Waals surface area contributed by atoms with E-state index < -0.39 is 5.60 Å². The van der Waals surface area contributed by atoms with Crippen LogP contribution in [-0.4, -0.2) is 52.4 Å². The Morgan fingerprint density at radius 2 is 1.94 bits per heavy atom. The number of aliphatic hydroxyl groups is 1. The van der Waals surface area contributed by atoms with Gasteiger partial charge < -0.3 is 19.3 Å². The minimum atomic E-state index is -1.02. The number of hydrogen-bond donors (Lipinski definition) is 1. The van der Waals surface area contributed by atoms with Crippen LogP contribution in [0.4, 0.5) is 0 Å². The Bertz CT molecular complexity index is 1170. The van der Waals surface area contributed by atoms with E-state index in [1.165, 1.54) is 21.2 Å². The van der Waals surface area contributed by atoms with Gasteiger partial charge in [-0.2, -0.15) is 0 Å². The van der Waals surface area contributed by atoms with E-state index in [0.29, 0.717) is 5.92 Å². The highest BCUT2D eigenvalue weighted by molar-refractivity contribution is 9.10. The first-order valence-electron chi connectivity index (χ1n) is 12.0. The summed E-state index contributed by atoms with van der Waals surface area (Å²) < 4.78 is 9.49. The average Bonchev–Trinajstić information content (AvgIpc) is 3.33. The second-order valence-electron chi connectivity index (χ2n) is 10.4. The highest BCUT2D eigenvalue weighted by atomic mass is 79.9. The number of benzene rings is 2. The molecule has 2 aliphatic rings. The van der Waals surface area contributed by atoms with Crippen molar-refractivity contribution in [2.24, 2.45) is 5.92 Å². The molecular weight excluding hydrogens is 478 g/mol. The molecule has 2 heterocycles. The third-order valence-electron chi connectivity index (χ3n) is 7.34. The molecule has 0 spiro atoms. The molecule has 5 rings (SSSR count). The second-order valence-corrected chi connectivity index (χ2v) is 11.3. The number of aryl methyl sites for hydroxylation is 1. The van der Waals surface area contributed by atoms with Gasteiger partial charge in [0.05, 0.1) is 23.2 Å². The zero-order valence-electron chi connectivity index (χ0n) is 20.0. The number of rotatable bonds is 5. The lowest BCUT2D eigenvalue weighted by Gasteiger charge is -2.40. The molecule has 0 bridgehead atoms. The first kappa shape index (κ1) is 23.0. The van der Waals surface area contributed by atoms with Crippen LogP contribution in [0, 0.1) is 12.8 Å². The van der Waals surface area contributed by atoms with Crippen molar-refractivity contribution in [1.29, 1.82) is 0 Å². The second kappa shape index (κ2) is 8.81. The number of fused-ring (bicyclic) bond motifs is 2. The molecule has 1 saturated heterocycles. The summed E-state index contributed by atoms with van der Waals surface area (Å²) in [5.74, 6) is 1.38. The third-order valence-corrected chi connectivity index (χ3v) is 7.83. The van der Waals surface area contributed by atoms with Crippen LogP contribution >= 0.6 is 15.9 Å². The van der Waals surface area contributed by atoms with Gasteiger partial charge in [-0.05, 0) is 86.9 Å². The van der Waals surface area contributed by atoms with Crippen molar-refractivity contribution in [3.05, 3.63) is 63.4 Å². The Morgan fingerprint density at radius 3 is 2.70 bits per heavy atom. The van der Waals surface area contributed by atoms with Gasteiger partial charge in [0.25, 0.3) is 0 Å². The Labute approximate surface area is 204 Å². The number of ether oxygens (including phenoxy) is 1. The van der Waals surface area contributed by atoms with Crippen LogP contribution < -0.4 is 0 Å². The number of piperidine rings is 1. The number of aromatic nitrogens is 2. The zero-order chi connectivity index (χ0) is 23.3. The van der Waals surface area contributed by atoms with Gasteiger partial charge in [-0.25, -0.2) is 4.98 Å². The minimum absolute atomic E-state index is 0.0523. The lowest BCUT2D eigenvalue weighted by molar-refractivity contribution is -0.0151. The smallest absolute Gasteiger partial charge is 0.141 e. The van der Waals surface area contributed by atoms with Crippen molar-refractivity contribution in [2.75, 3.05) is 26.7 Å². The molecule has 1 aliphatic heterocycles. The maximum Gasteiger partial charge on any atom is 0.141 e. The van der Waals surface area contributed by atoms with Gasteiger partial charge in [0.15, 0.2) is 0 Å². The Kier molecular flexibility index (Phi) is 6.15. The van der Waals surface area contributed by atoms with Crippen LogP contribution in [0.3, 0.4) is 0 Å². The Morgan fingerprint density at radius 1 is 1.15 bits per heavy atom. The fourth-order valence-corrected chi connectivity index (χ4v) is 6.22. The lowest BCUT2D eigenvalue weighted by atomic mass is 9.97. The standard InChI is InChI=1S/C27H34BrN3O2/c1-17-5-8-23-22(11-17)29-26(27(2,3)32)31(23)24-9-10-30(16-25(24)33-4)15-18-12-19-6-7-21(28)14-20(19)13-18/h5-8,11,14,18,24-25,32H,9-10,12-13,15-16H2,1-4H3/t18-,24-,25+/m1/s1. The molecule has 3 aromatic rings. The number of likely N-dealkylation sites (tertiary alicyclic amines) is 1. The van der Waals surface area contributed by atoms with Crippen LogP contribution in [0.25, 0.3) is 11.0 Å². The van der Waals surface area contributed by atoms with Gasteiger partial charge in [0, 0.05) is 31.2 Å². The van der Waals surface area contributed by atoms with Gasteiger partial charge in [-0.15, -0.1) is 0 Å². The molecule has 5 nitrogen and oxygen atoms in total. The fourth-order valence-electron chi connectivity index (χ4n) is 5.81. The van der Waals surface area contributed by atoms with E-state index in [0.717, 1.165) is 55.8 Å². The molecule has 0 unspecified atom stereocenters. The highest BCUT2D eigenvalue weighted by Gasteiger charge is 2.37. The van der Waals surface area contributed by atoms with E-state index in [2.05, 4.69) is 68.7 Å². The van der Waals surface area contributed by atoms with Crippen molar-refractivity contribution < 1.29 is 9.84 Å².